The van der Waals surface area contributed by atoms with Crippen molar-refractivity contribution in [3.05, 3.63) is 24.3 Å². The number of nitrogens with one attached hydrogen (secondary N) is 2. The number of carbonyl (C=O) groups excluding carboxylic acids is 1. The van der Waals surface area contributed by atoms with Gasteiger partial charge in [-0.1, -0.05) is 19.3 Å². The van der Waals surface area contributed by atoms with Gasteiger partial charge >= 0.3 is 6.03 Å². The molecule has 1 aromatic carbocycles. The van der Waals surface area contributed by atoms with Crippen LogP contribution in [0.3, 0.4) is 0 Å². The summed E-state index contributed by atoms with van der Waals surface area (Å²) in [6.07, 6.45) is 6.81. The molecule has 1 saturated carbocycles. The summed E-state index contributed by atoms with van der Waals surface area (Å²) >= 11 is 0. The lowest BCUT2D eigenvalue weighted by Gasteiger charge is -2.22. The van der Waals surface area contributed by atoms with Crippen molar-refractivity contribution in [1.82, 2.24) is 0 Å². The summed E-state index contributed by atoms with van der Waals surface area (Å²) in [6.45, 7) is 1.04. The van der Waals surface area contributed by atoms with Crippen LogP contribution in [-0.2, 0) is 0 Å². The number of amides is 2. The van der Waals surface area contributed by atoms with Gasteiger partial charge in [0.25, 0.3) is 0 Å². The Kier molecular flexibility index (Phi) is 4.45. The normalized spacial score (nSPS) is 16.2. The summed E-state index contributed by atoms with van der Waals surface area (Å²) in [5.74, 6) is 0.808. The molecule has 4 nitrogen and oxygen atoms in total. The van der Waals surface area contributed by atoms with E-state index in [2.05, 4.69) is 10.6 Å². The average molecular weight is 247 g/mol. The summed E-state index contributed by atoms with van der Waals surface area (Å²) in [7, 11) is 0. The minimum absolute atomic E-state index is 0.530. The minimum Gasteiger partial charge on any atom is -0.385 e. The number of benzene rings is 1. The van der Waals surface area contributed by atoms with E-state index < -0.39 is 6.03 Å². The van der Waals surface area contributed by atoms with Crippen LogP contribution >= 0.6 is 0 Å². The first-order valence-corrected chi connectivity index (χ1v) is 6.64. The number of rotatable bonds is 4. The molecule has 0 heterocycles. The first kappa shape index (κ1) is 12.7. The van der Waals surface area contributed by atoms with Gasteiger partial charge in [-0.25, -0.2) is 4.79 Å². The Bertz CT molecular complexity index is 383. The van der Waals surface area contributed by atoms with Crippen LogP contribution in [-0.4, -0.2) is 12.6 Å². The Hall–Kier alpha value is -1.71. The molecule has 0 saturated heterocycles. The fraction of sp³-hybridized carbons (Fsp3) is 0.500. The van der Waals surface area contributed by atoms with E-state index in [0.29, 0.717) is 0 Å². The Morgan fingerprint density at radius 3 is 2.33 bits per heavy atom. The fourth-order valence-corrected chi connectivity index (χ4v) is 2.47. The molecule has 0 radical (unpaired) electrons. The van der Waals surface area contributed by atoms with Crippen LogP contribution in [0.25, 0.3) is 0 Å². The predicted octanol–water partition coefficient (Wildman–Crippen LogP) is 3.17. The quantitative estimate of drug-likeness (QED) is 0.765. The lowest BCUT2D eigenvalue weighted by Crippen LogP contribution is -2.19. The zero-order chi connectivity index (χ0) is 12.8. The van der Waals surface area contributed by atoms with Gasteiger partial charge < -0.3 is 16.4 Å². The van der Waals surface area contributed by atoms with Crippen molar-refractivity contribution in [1.29, 1.82) is 0 Å². The van der Waals surface area contributed by atoms with E-state index in [9.17, 15) is 4.79 Å². The van der Waals surface area contributed by atoms with E-state index in [-0.39, 0.29) is 0 Å². The summed E-state index contributed by atoms with van der Waals surface area (Å²) in [6, 6.07) is 7.11. The Balaban J connectivity index is 1.80. The van der Waals surface area contributed by atoms with E-state index in [1.165, 1.54) is 32.1 Å². The van der Waals surface area contributed by atoms with E-state index in [1.54, 1.807) is 0 Å². The van der Waals surface area contributed by atoms with Crippen molar-refractivity contribution >= 4 is 17.4 Å². The van der Waals surface area contributed by atoms with Crippen LogP contribution in [0, 0.1) is 5.92 Å². The second-order valence-corrected chi connectivity index (χ2v) is 4.95. The van der Waals surface area contributed by atoms with Crippen LogP contribution in [0.15, 0.2) is 24.3 Å². The van der Waals surface area contributed by atoms with Crippen molar-refractivity contribution in [2.75, 3.05) is 17.2 Å². The van der Waals surface area contributed by atoms with Crippen LogP contribution < -0.4 is 16.4 Å². The molecule has 0 aliphatic heterocycles. The van der Waals surface area contributed by atoms with E-state index in [4.69, 9.17) is 5.73 Å². The summed E-state index contributed by atoms with van der Waals surface area (Å²) in [5.41, 5.74) is 6.87. The molecular weight excluding hydrogens is 226 g/mol. The van der Waals surface area contributed by atoms with Gasteiger partial charge in [0.2, 0.25) is 0 Å². The molecule has 0 aromatic heterocycles. The number of hydrogen-bond donors (Lipinski definition) is 3. The highest BCUT2D eigenvalue weighted by atomic mass is 16.2. The Morgan fingerprint density at radius 1 is 1.11 bits per heavy atom. The molecule has 4 N–H and O–H groups in total. The molecule has 0 spiro atoms. The summed E-state index contributed by atoms with van der Waals surface area (Å²) in [4.78, 5) is 10.7. The second-order valence-electron chi connectivity index (χ2n) is 4.95. The second kappa shape index (κ2) is 6.28. The molecule has 98 valence electrons. The third-order valence-corrected chi connectivity index (χ3v) is 3.47. The van der Waals surface area contributed by atoms with Crippen molar-refractivity contribution in [3.63, 3.8) is 0 Å². The molecule has 1 aromatic rings. The van der Waals surface area contributed by atoms with E-state index in [1.807, 2.05) is 24.3 Å². The molecule has 18 heavy (non-hydrogen) atoms. The molecule has 1 fully saturated rings. The van der Waals surface area contributed by atoms with Gasteiger partial charge in [-0.15, -0.1) is 0 Å². The van der Waals surface area contributed by atoms with Crippen molar-refractivity contribution in [2.45, 2.75) is 32.1 Å². The SMILES string of the molecule is NC(=O)Nc1ccc(NCC2CCCCC2)cc1. The maximum Gasteiger partial charge on any atom is 0.316 e. The standard InChI is InChI=1S/C14H21N3O/c15-14(18)17-13-8-6-12(7-9-13)16-10-11-4-2-1-3-5-11/h6-9,11,16H,1-5,10H2,(H3,15,17,18). The first-order valence-electron chi connectivity index (χ1n) is 6.64. The molecule has 1 aliphatic rings. The van der Waals surface area contributed by atoms with Crippen LogP contribution in [0.4, 0.5) is 16.2 Å². The number of primary amides is 1. The lowest BCUT2D eigenvalue weighted by atomic mass is 9.89. The monoisotopic (exact) mass is 247 g/mol. The highest BCUT2D eigenvalue weighted by Gasteiger charge is 2.12. The smallest absolute Gasteiger partial charge is 0.316 e. The Labute approximate surface area is 108 Å². The van der Waals surface area contributed by atoms with Gasteiger partial charge in [0, 0.05) is 17.9 Å². The molecule has 0 unspecified atom stereocenters. The zero-order valence-electron chi connectivity index (χ0n) is 10.6. The molecule has 4 heteroatoms. The maximum absolute atomic E-state index is 10.7. The number of hydrogen-bond acceptors (Lipinski definition) is 2. The number of nitrogens with two attached hydrogens (primary N) is 1. The van der Waals surface area contributed by atoms with E-state index in [0.717, 1.165) is 23.8 Å². The van der Waals surface area contributed by atoms with Crippen molar-refractivity contribution in [3.8, 4) is 0 Å². The fourth-order valence-electron chi connectivity index (χ4n) is 2.47. The first-order chi connectivity index (χ1) is 8.74. The maximum atomic E-state index is 10.7. The highest BCUT2D eigenvalue weighted by molar-refractivity contribution is 5.87. The minimum atomic E-state index is -0.530. The van der Waals surface area contributed by atoms with Gasteiger partial charge in [0.1, 0.15) is 0 Å². The van der Waals surface area contributed by atoms with Crippen LogP contribution in [0.5, 0.6) is 0 Å². The number of urea groups is 1. The lowest BCUT2D eigenvalue weighted by molar-refractivity contribution is 0.259. The zero-order valence-corrected chi connectivity index (χ0v) is 10.6. The van der Waals surface area contributed by atoms with Crippen molar-refractivity contribution < 1.29 is 4.79 Å². The average Bonchev–Trinajstić information content (AvgIpc) is 2.38. The van der Waals surface area contributed by atoms with Gasteiger partial charge in [-0.2, -0.15) is 0 Å². The largest absolute Gasteiger partial charge is 0.385 e. The topological polar surface area (TPSA) is 67.2 Å². The van der Waals surface area contributed by atoms with Gasteiger partial charge in [0.05, 0.1) is 0 Å². The molecule has 0 bridgehead atoms. The van der Waals surface area contributed by atoms with E-state index >= 15 is 0 Å². The third-order valence-electron chi connectivity index (χ3n) is 3.47. The van der Waals surface area contributed by atoms with Crippen LogP contribution in [0.2, 0.25) is 0 Å². The molecule has 0 atom stereocenters. The molecular formula is C14H21N3O. The van der Waals surface area contributed by atoms with Gasteiger partial charge in [0.15, 0.2) is 0 Å². The van der Waals surface area contributed by atoms with Gasteiger partial charge in [-0.05, 0) is 43.0 Å². The Morgan fingerprint density at radius 2 is 1.72 bits per heavy atom. The van der Waals surface area contributed by atoms with Crippen molar-refractivity contribution in [2.24, 2.45) is 11.7 Å². The molecule has 2 rings (SSSR count). The summed E-state index contributed by atoms with van der Waals surface area (Å²) < 4.78 is 0. The highest BCUT2D eigenvalue weighted by Crippen LogP contribution is 2.24. The van der Waals surface area contributed by atoms with Crippen LogP contribution in [0.1, 0.15) is 32.1 Å². The molecule has 2 amide bonds. The van der Waals surface area contributed by atoms with Gasteiger partial charge in [-0.3, -0.25) is 0 Å². The predicted molar refractivity (Wildman–Crippen MR) is 74.7 cm³/mol. The number of carbonyl (C=O) groups is 1. The number of anilines is 2. The summed E-state index contributed by atoms with van der Waals surface area (Å²) in [5, 5.41) is 6.00. The molecule has 1 aliphatic carbocycles. The third kappa shape index (κ3) is 3.95.